The Bertz CT molecular complexity index is 358. The largest absolute Gasteiger partial charge is 0.396 e. The lowest BCUT2D eigenvalue weighted by molar-refractivity contribution is -0.120. The van der Waals surface area contributed by atoms with Crippen LogP contribution < -0.4 is 11.3 Å². The molecule has 0 heterocycles. The molecule has 0 spiro atoms. The third-order valence-corrected chi connectivity index (χ3v) is 3.43. The van der Waals surface area contributed by atoms with Crippen LogP contribution in [0.1, 0.15) is 17.5 Å². The Morgan fingerprint density at radius 3 is 2.71 bits per heavy atom. The lowest BCUT2D eigenvalue weighted by Gasteiger charge is -2.08. The molecule has 17 heavy (non-hydrogen) atoms. The number of hydrogen-bond donors (Lipinski definition) is 3. The summed E-state index contributed by atoms with van der Waals surface area (Å²) in [4.78, 5) is 11.2. The number of carbonyl (C=O) groups excluding carboxylic acids is 1. The molecule has 0 atom stereocenters. The van der Waals surface area contributed by atoms with E-state index >= 15 is 0 Å². The van der Waals surface area contributed by atoms with Gasteiger partial charge in [0.05, 0.1) is 6.42 Å². The van der Waals surface area contributed by atoms with E-state index in [2.05, 4.69) is 5.43 Å². The lowest BCUT2D eigenvalue weighted by Crippen LogP contribution is -2.31. The van der Waals surface area contributed by atoms with Crippen LogP contribution in [0.3, 0.4) is 0 Å². The molecule has 0 aliphatic carbocycles. The van der Waals surface area contributed by atoms with Crippen LogP contribution in [0.25, 0.3) is 0 Å². The maximum Gasteiger partial charge on any atom is 0.238 e. The fourth-order valence-corrected chi connectivity index (χ4v) is 2.42. The first-order valence-corrected chi connectivity index (χ1v) is 6.68. The third kappa shape index (κ3) is 5.21. The van der Waals surface area contributed by atoms with Crippen molar-refractivity contribution in [1.82, 2.24) is 5.43 Å². The zero-order valence-corrected chi connectivity index (χ0v) is 10.5. The second-order valence-corrected chi connectivity index (χ2v) is 4.75. The second-order valence-electron chi connectivity index (χ2n) is 3.64. The molecule has 4 nitrogen and oxygen atoms in total. The third-order valence-electron chi connectivity index (χ3n) is 2.33. The van der Waals surface area contributed by atoms with Gasteiger partial charge in [0.25, 0.3) is 0 Å². The highest BCUT2D eigenvalue weighted by Crippen LogP contribution is 2.17. The molecule has 1 aromatic carbocycles. The van der Waals surface area contributed by atoms with Gasteiger partial charge in [0.2, 0.25) is 5.91 Å². The first kappa shape index (κ1) is 14.0. The minimum Gasteiger partial charge on any atom is -0.396 e. The summed E-state index contributed by atoms with van der Waals surface area (Å²) in [6, 6.07) is 7.84. The van der Waals surface area contributed by atoms with Gasteiger partial charge in [-0.2, -0.15) is 11.8 Å². The van der Waals surface area contributed by atoms with E-state index < -0.39 is 0 Å². The fourth-order valence-electron chi connectivity index (χ4n) is 1.44. The summed E-state index contributed by atoms with van der Waals surface area (Å²) in [6.07, 6.45) is 1.11. The summed E-state index contributed by atoms with van der Waals surface area (Å²) in [5.41, 5.74) is 4.30. The molecule has 1 rings (SSSR count). The molecule has 1 aromatic rings. The van der Waals surface area contributed by atoms with E-state index in [0.717, 1.165) is 29.1 Å². The molecule has 4 N–H and O–H groups in total. The molecular weight excluding hydrogens is 236 g/mol. The van der Waals surface area contributed by atoms with E-state index in [1.165, 1.54) is 0 Å². The number of rotatable bonds is 7. The van der Waals surface area contributed by atoms with Gasteiger partial charge in [-0.05, 0) is 23.3 Å². The number of benzene rings is 1. The van der Waals surface area contributed by atoms with Gasteiger partial charge in [0.1, 0.15) is 0 Å². The van der Waals surface area contributed by atoms with Crippen molar-refractivity contribution in [2.45, 2.75) is 18.6 Å². The Morgan fingerprint density at radius 1 is 1.35 bits per heavy atom. The molecule has 0 unspecified atom stereocenters. The number of nitrogens with one attached hydrogen (secondary N) is 1. The van der Waals surface area contributed by atoms with Crippen LogP contribution in [-0.2, 0) is 17.0 Å². The molecular formula is C12H18N2O2S. The highest BCUT2D eigenvalue weighted by molar-refractivity contribution is 7.98. The smallest absolute Gasteiger partial charge is 0.238 e. The van der Waals surface area contributed by atoms with E-state index in [1.807, 2.05) is 24.3 Å². The van der Waals surface area contributed by atoms with Crippen LogP contribution in [0, 0.1) is 0 Å². The highest BCUT2D eigenvalue weighted by Gasteiger charge is 2.06. The van der Waals surface area contributed by atoms with E-state index in [1.54, 1.807) is 11.8 Å². The van der Waals surface area contributed by atoms with Gasteiger partial charge in [-0.15, -0.1) is 0 Å². The SMILES string of the molecule is NNC(=O)Cc1ccccc1CSCCCO. The summed E-state index contributed by atoms with van der Waals surface area (Å²) >= 11 is 1.76. The average molecular weight is 254 g/mol. The predicted octanol–water partition coefficient (Wildman–Crippen LogP) is 0.835. The molecule has 0 saturated heterocycles. The molecule has 94 valence electrons. The van der Waals surface area contributed by atoms with Gasteiger partial charge >= 0.3 is 0 Å². The van der Waals surface area contributed by atoms with Crippen molar-refractivity contribution in [1.29, 1.82) is 0 Å². The maximum atomic E-state index is 11.2. The molecule has 0 bridgehead atoms. The van der Waals surface area contributed by atoms with Gasteiger partial charge in [0, 0.05) is 12.4 Å². The van der Waals surface area contributed by atoms with Gasteiger partial charge in [-0.3, -0.25) is 10.2 Å². The van der Waals surface area contributed by atoms with Crippen molar-refractivity contribution in [3.8, 4) is 0 Å². The first-order chi connectivity index (χ1) is 8.27. The maximum absolute atomic E-state index is 11.2. The number of hydrazine groups is 1. The van der Waals surface area contributed by atoms with Crippen LogP contribution in [0.15, 0.2) is 24.3 Å². The Hall–Kier alpha value is -1.04. The summed E-state index contributed by atoms with van der Waals surface area (Å²) in [6.45, 7) is 0.226. The summed E-state index contributed by atoms with van der Waals surface area (Å²) in [5, 5.41) is 8.69. The van der Waals surface area contributed by atoms with E-state index in [-0.39, 0.29) is 12.5 Å². The minimum atomic E-state index is -0.183. The number of carbonyl (C=O) groups is 1. The minimum absolute atomic E-state index is 0.183. The molecule has 0 radical (unpaired) electrons. The Kier molecular flexibility index (Phi) is 6.69. The van der Waals surface area contributed by atoms with Crippen molar-refractivity contribution < 1.29 is 9.90 Å². The molecule has 5 heteroatoms. The van der Waals surface area contributed by atoms with Gasteiger partial charge < -0.3 is 5.11 Å². The number of amides is 1. The number of aliphatic hydroxyl groups is 1. The lowest BCUT2D eigenvalue weighted by atomic mass is 10.1. The zero-order valence-electron chi connectivity index (χ0n) is 9.69. The molecule has 0 aromatic heterocycles. The molecule has 0 saturated carbocycles. The summed E-state index contributed by atoms with van der Waals surface area (Å²) < 4.78 is 0. The number of nitrogens with two attached hydrogens (primary N) is 1. The fraction of sp³-hybridized carbons (Fsp3) is 0.417. The van der Waals surface area contributed by atoms with Crippen LogP contribution >= 0.6 is 11.8 Å². The number of aliphatic hydroxyl groups excluding tert-OH is 1. The number of hydrogen-bond acceptors (Lipinski definition) is 4. The quantitative estimate of drug-likeness (QED) is 0.292. The van der Waals surface area contributed by atoms with Crippen LogP contribution in [0.4, 0.5) is 0 Å². The van der Waals surface area contributed by atoms with E-state index in [9.17, 15) is 4.79 Å². The Balaban J connectivity index is 2.54. The van der Waals surface area contributed by atoms with Crippen LogP contribution in [0.5, 0.6) is 0 Å². The monoisotopic (exact) mass is 254 g/mol. The van der Waals surface area contributed by atoms with Gasteiger partial charge in [-0.25, -0.2) is 5.84 Å². The van der Waals surface area contributed by atoms with Gasteiger partial charge in [0.15, 0.2) is 0 Å². The normalized spacial score (nSPS) is 10.2. The molecule has 0 aliphatic heterocycles. The summed E-state index contributed by atoms with van der Waals surface area (Å²) in [7, 11) is 0. The van der Waals surface area contributed by atoms with E-state index in [4.69, 9.17) is 10.9 Å². The molecule has 1 amide bonds. The van der Waals surface area contributed by atoms with Crippen molar-refractivity contribution in [2.24, 2.45) is 5.84 Å². The highest BCUT2D eigenvalue weighted by atomic mass is 32.2. The van der Waals surface area contributed by atoms with Gasteiger partial charge in [-0.1, -0.05) is 24.3 Å². The van der Waals surface area contributed by atoms with Crippen molar-refractivity contribution in [2.75, 3.05) is 12.4 Å². The molecule has 0 aliphatic rings. The van der Waals surface area contributed by atoms with Crippen molar-refractivity contribution in [3.05, 3.63) is 35.4 Å². The topological polar surface area (TPSA) is 75.3 Å². The van der Waals surface area contributed by atoms with E-state index in [0.29, 0.717) is 6.42 Å². The van der Waals surface area contributed by atoms with Crippen molar-refractivity contribution >= 4 is 17.7 Å². The average Bonchev–Trinajstić information content (AvgIpc) is 2.36. The van der Waals surface area contributed by atoms with Crippen LogP contribution in [0.2, 0.25) is 0 Å². The standard InChI is InChI=1S/C12H18N2O2S/c13-14-12(16)8-10-4-1-2-5-11(10)9-17-7-3-6-15/h1-2,4-5,15H,3,6-9,13H2,(H,14,16). The summed E-state index contributed by atoms with van der Waals surface area (Å²) in [5.74, 6) is 6.67. The Labute approximate surface area is 106 Å². The van der Waals surface area contributed by atoms with Crippen LogP contribution in [-0.4, -0.2) is 23.4 Å². The Morgan fingerprint density at radius 2 is 2.06 bits per heavy atom. The predicted molar refractivity (Wildman–Crippen MR) is 70.3 cm³/mol. The molecule has 0 fully saturated rings. The van der Waals surface area contributed by atoms with Crippen molar-refractivity contribution in [3.63, 3.8) is 0 Å². The zero-order chi connectivity index (χ0) is 12.5. The first-order valence-electron chi connectivity index (χ1n) is 5.52. The second kappa shape index (κ2) is 8.11. The number of thioether (sulfide) groups is 1.